The molecule has 0 unspecified atom stereocenters. The van der Waals surface area contributed by atoms with E-state index in [4.69, 9.17) is 16.0 Å². The Kier molecular flexibility index (Phi) is 5.21. The minimum Gasteiger partial charge on any atom is -0.441 e. The van der Waals surface area contributed by atoms with Gasteiger partial charge < -0.3 is 4.42 Å². The molecular weight excluding hydrogens is 284 g/mol. The van der Waals surface area contributed by atoms with E-state index >= 15 is 0 Å². The maximum atomic E-state index is 6.20. The highest BCUT2D eigenvalue weighted by atomic mass is 35.5. The van der Waals surface area contributed by atoms with Gasteiger partial charge in [-0.3, -0.25) is 4.90 Å². The van der Waals surface area contributed by atoms with Crippen LogP contribution in [0.5, 0.6) is 0 Å². The zero-order valence-corrected chi connectivity index (χ0v) is 13.6. The molecule has 0 radical (unpaired) electrons. The molecule has 2 rings (SSSR count). The number of nitrogens with zero attached hydrogens (tertiary/aromatic N) is 2. The molecule has 0 bridgehead atoms. The second kappa shape index (κ2) is 6.92. The van der Waals surface area contributed by atoms with Crippen LogP contribution in [0.25, 0.3) is 11.5 Å². The van der Waals surface area contributed by atoms with Crippen molar-refractivity contribution in [3.05, 3.63) is 52.9 Å². The zero-order chi connectivity index (χ0) is 15.4. The highest BCUT2D eigenvalue weighted by Gasteiger charge is 2.15. The lowest BCUT2D eigenvalue weighted by Gasteiger charge is -2.19. The number of hydrogen-bond donors (Lipinski definition) is 0. The predicted octanol–water partition coefficient (Wildman–Crippen LogP) is 4.70. The Morgan fingerprint density at radius 2 is 2.10 bits per heavy atom. The Bertz CT molecular complexity index is 633. The lowest BCUT2D eigenvalue weighted by atomic mass is 10.2. The highest BCUT2D eigenvalue weighted by molar-refractivity contribution is 6.33. The van der Waals surface area contributed by atoms with Crippen LogP contribution >= 0.6 is 11.6 Å². The van der Waals surface area contributed by atoms with Crippen LogP contribution in [0.4, 0.5) is 0 Å². The molecule has 21 heavy (non-hydrogen) atoms. The van der Waals surface area contributed by atoms with E-state index in [0.717, 1.165) is 42.2 Å². The van der Waals surface area contributed by atoms with Gasteiger partial charge in [0.25, 0.3) is 0 Å². The second-order valence-corrected chi connectivity index (χ2v) is 5.67. The maximum Gasteiger partial charge on any atom is 0.228 e. The van der Waals surface area contributed by atoms with Crippen LogP contribution in [0.3, 0.4) is 0 Å². The third kappa shape index (κ3) is 3.96. The molecule has 0 spiro atoms. The number of halogens is 1. The molecule has 1 aromatic carbocycles. The standard InChI is InChI=1S/C17H21ClN2O/c1-5-20(10-12(2)3)11-16-13(4)21-17(19-16)14-8-6-7-9-15(14)18/h6-9H,2,5,10-11H2,1,3-4H3. The molecule has 1 heterocycles. The number of rotatable bonds is 6. The highest BCUT2D eigenvalue weighted by Crippen LogP contribution is 2.28. The Balaban J connectivity index is 2.23. The van der Waals surface area contributed by atoms with Crippen molar-refractivity contribution in [3.63, 3.8) is 0 Å². The maximum absolute atomic E-state index is 6.20. The molecule has 0 saturated carbocycles. The second-order valence-electron chi connectivity index (χ2n) is 5.26. The molecule has 0 aliphatic rings. The van der Waals surface area contributed by atoms with E-state index in [0.29, 0.717) is 10.9 Å². The van der Waals surface area contributed by atoms with E-state index in [-0.39, 0.29) is 0 Å². The topological polar surface area (TPSA) is 29.3 Å². The molecule has 0 aliphatic heterocycles. The first-order chi connectivity index (χ1) is 10.0. The molecule has 3 nitrogen and oxygen atoms in total. The monoisotopic (exact) mass is 304 g/mol. The van der Waals surface area contributed by atoms with Gasteiger partial charge >= 0.3 is 0 Å². The molecular formula is C17H21ClN2O. The van der Waals surface area contributed by atoms with Gasteiger partial charge in [0.15, 0.2) is 0 Å². The van der Waals surface area contributed by atoms with Crippen molar-refractivity contribution >= 4 is 11.6 Å². The van der Waals surface area contributed by atoms with E-state index in [9.17, 15) is 0 Å². The van der Waals surface area contributed by atoms with Gasteiger partial charge in [-0.1, -0.05) is 42.8 Å². The first-order valence-electron chi connectivity index (χ1n) is 7.09. The summed E-state index contributed by atoms with van der Waals surface area (Å²) >= 11 is 6.20. The number of likely N-dealkylation sites (N-methyl/N-ethyl adjacent to an activating group) is 1. The Morgan fingerprint density at radius 1 is 1.38 bits per heavy atom. The summed E-state index contributed by atoms with van der Waals surface area (Å²) in [5, 5.41) is 0.652. The van der Waals surface area contributed by atoms with Gasteiger partial charge in [0.1, 0.15) is 5.76 Å². The summed E-state index contributed by atoms with van der Waals surface area (Å²) in [5.41, 5.74) is 2.92. The summed E-state index contributed by atoms with van der Waals surface area (Å²) in [7, 11) is 0. The largest absolute Gasteiger partial charge is 0.441 e. The van der Waals surface area contributed by atoms with Crippen LogP contribution in [0.15, 0.2) is 40.8 Å². The lowest BCUT2D eigenvalue weighted by molar-refractivity contribution is 0.299. The Morgan fingerprint density at radius 3 is 2.71 bits per heavy atom. The first-order valence-corrected chi connectivity index (χ1v) is 7.47. The first kappa shape index (κ1) is 15.8. The SMILES string of the molecule is C=C(C)CN(CC)Cc1nc(-c2ccccc2Cl)oc1C. The van der Waals surface area contributed by atoms with Gasteiger partial charge in [0.2, 0.25) is 5.89 Å². The summed E-state index contributed by atoms with van der Waals surface area (Å²) in [4.78, 5) is 6.89. The number of oxazole rings is 1. The van der Waals surface area contributed by atoms with E-state index in [1.165, 1.54) is 0 Å². The smallest absolute Gasteiger partial charge is 0.228 e. The zero-order valence-electron chi connectivity index (χ0n) is 12.8. The fourth-order valence-electron chi connectivity index (χ4n) is 2.20. The van der Waals surface area contributed by atoms with Crippen LogP contribution in [-0.2, 0) is 6.54 Å². The van der Waals surface area contributed by atoms with Gasteiger partial charge in [-0.2, -0.15) is 0 Å². The summed E-state index contributed by atoms with van der Waals surface area (Å²) in [6.45, 7) is 12.6. The van der Waals surface area contributed by atoms with Crippen molar-refractivity contribution < 1.29 is 4.42 Å². The summed E-state index contributed by atoms with van der Waals surface area (Å²) in [6, 6.07) is 7.59. The molecule has 0 fully saturated rings. The summed E-state index contributed by atoms with van der Waals surface area (Å²) in [5.74, 6) is 1.42. The molecule has 4 heteroatoms. The average molecular weight is 305 g/mol. The molecule has 0 atom stereocenters. The molecule has 1 aromatic heterocycles. The van der Waals surface area contributed by atoms with Crippen molar-refractivity contribution in [2.24, 2.45) is 0 Å². The molecule has 0 saturated heterocycles. The Labute approximate surface area is 131 Å². The lowest BCUT2D eigenvalue weighted by Crippen LogP contribution is -2.25. The van der Waals surface area contributed by atoms with Crippen LogP contribution < -0.4 is 0 Å². The molecule has 0 amide bonds. The fraction of sp³-hybridized carbons (Fsp3) is 0.353. The average Bonchev–Trinajstić information content (AvgIpc) is 2.79. The van der Waals surface area contributed by atoms with Crippen molar-refractivity contribution in [2.45, 2.75) is 27.3 Å². The third-order valence-corrected chi connectivity index (χ3v) is 3.64. The minimum absolute atomic E-state index is 0.583. The normalized spacial score (nSPS) is 11.1. The van der Waals surface area contributed by atoms with Crippen molar-refractivity contribution in [2.75, 3.05) is 13.1 Å². The van der Waals surface area contributed by atoms with Gasteiger partial charge in [-0.25, -0.2) is 4.98 Å². The van der Waals surface area contributed by atoms with E-state index in [1.807, 2.05) is 38.1 Å². The number of aromatic nitrogens is 1. The van der Waals surface area contributed by atoms with E-state index in [2.05, 4.69) is 23.4 Å². The molecule has 0 N–H and O–H groups in total. The van der Waals surface area contributed by atoms with Crippen molar-refractivity contribution in [1.82, 2.24) is 9.88 Å². The quantitative estimate of drug-likeness (QED) is 0.724. The molecule has 2 aromatic rings. The van der Waals surface area contributed by atoms with Crippen LogP contribution in [0.2, 0.25) is 5.02 Å². The van der Waals surface area contributed by atoms with Gasteiger partial charge in [-0.15, -0.1) is 0 Å². The van der Waals surface area contributed by atoms with E-state index in [1.54, 1.807) is 0 Å². The fourth-order valence-corrected chi connectivity index (χ4v) is 2.41. The number of benzene rings is 1. The number of hydrogen-bond acceptors (Lipinski definition) is 3. The van der Waals surface area contributed by atoms with E-state index < -0.39 is 0 Å². The van der Waals surface area contributed by atoms with Crippen LogP contribution in [0.1, 0.15) is 25.3 Å². The summed E-state index contributed by atoms with van der Waals surface area (Å²) < 4.78 is 5.79. The van der Waals surface area contributed by atoms with Gasteiger partial charge in [0.05, 0.1) is 16.3 Å². The van der Waals surface area contributed by atoms with Crippen LogP contribution in [-0.4, -0.2) is 23.0 Å². The van der Waals surface area contributed by atoms with Gasteiger partial charge in [-0.05, 0) is 32.5 Å². The molecule has 112 valence electrons. The van der Waals surface area contributed by atoms with Crippen molar-refractivity contribution in [1.29, 1.82) is 0 Å². The Hall–Kier alpha value is -1.58. The summed E-state index contributed by atoms with van der Waals surface area (Å²) in [6.07, 6.45) is 0. The molecule has 0 aliphatic carbocycles. The third-order valence-electron chi connectivity index (χ3n) is 3.31. The number of aryl methyl sites for hydroxylation is 1. The van der Waals surface area contributed by atoms with Crippen molar-refractivity contribution in [3.8, 4) is 11.5 Å². The minimum atomic E-state index is 0.583. The predicted molar refractivity (Wildman–Crippen MR) is 87.5 cm³/mol. The van der Waals surface area contributed by atoms with Crippen LogP contribution in [0, 0.1) is 6.92 Å². The van der Waals surface area contributed by atoms with Gasteiger partial charge in [0, 0.05) is 13.1 Å².